The number of carbonyl (C=O) groups is 2. The molecule has 0 aliphatic rings. The second kappa shape index (κ2) is 9.50. The van der Waals surface area contributed by atoms with E-state index in [0.717, 1.165) is 30.4 Å². The molecule has 0 aliphatic heterocycles. The summed E-state index contributed by atoms with van der Waals surface area (Å²) in [7, 11) is 0. The Labute approximate surface area is 143 Å². The predicted octanol–water partition coefficient (Wildman–Crippen LogP) is 3.20. The van der Waals surface area contributed by atoms with E-state index in [-0.39, 0.29) is 6.04 Å². The Bertz CT molecular complexity index is 602. The van der Waals surface area contributed by atoms with Crippen LogP contribution in [-0.2, 0) is 9.59 Å². The van der Waals surface area contributed by atoms with Crippen LogP contribution < -0.4 is 10.6 Å². The van der Waals surface area contributed by atoms with Crippen molar-refractivity contribution in [3.8, 4) is 0 Å². The van der Waals surface area contributed by atoms with Crippen LogP contribution in [0.15, 0.2) is 60.7 Å². The number of nitrogens with one attached hydrogen (secondary N) is 2. The molecule has 0 fully saturated rings. The average molecular weight is 324 g/mol. The molecule has 2 aromatic carbocycles. The molecule has 4 nitrogen and oxygen atoms in total. The van der Waals surface area contributed by atoms with Gasteiger partial charge in [0.25, 0.3) is 0 Å². The van der Waals surface area contributed by atoms with Crippen molar-refractivity contribution in [1.82, 2.24) is 10.6 Å². The van der Waals surface area contributed by atoms with Gasteiger partial charge in [-0.05, 0) is 17.5 Å². The molecule has 0 saturated heterocycles. The minimum Gasteiger partial charge on any atom is -0.348 e. The summed E-state index contributed by atoms with van der Waals surface area (Å²) in [5, 5.41) is 5.51. The van der Waals surface area contributed by atoms with Crippen molar-refractivity contribution < 1.29 is 9.59 Å². The Kier molecular flexibility index (Phi) is 7.02. The molecule has 24 heavy (non-hydrogen) atoms. The quantitative estimate of drug-likeness (QED) is 0.607. The van der Waals surface area contributed by atoms with Gasteiger partial charge in [-0.15, -0.1) is 0 Å². The Hall–Kier alpha value is -2.62. The van der Waals surface area contributed by atoms with Crippen molar-refractivity contribution in [2.75, 3.05) is 6.54 Å². The van der Waals surface area contributed by atoms with Crippen molar-refractivity contribution in [2.24, 2.45) is 0 Å². The van der Waals surface area contributed by atoms with E-state index in [4.69, 9.17) is 0 Å². The highest BCUT2D eigenvalue weighted by Crippen LogP contribution is 2.21. The SMILES string of the molecule is CCCCCNC(=O)C(=O)NC(c1ccccc1)c1ccccc1. The van der Waals surface area contributed by atoms with E-state index >= 15 is 0 Å². The molecule has 0 aliphatic carbocycles. The third kappa shape index (κ3) is 5.23. The van der Waals surface area contributed by atoms with E-state index < -0.39 is 11.8 Å². The van der Waals surface area contributed by atoms with E-state index in [1.54, 1.807) is 0 Å². The number of amides is 2. The second-order valence-corrected chi connectivity index (χ2v) is 5.69. The summed E-state index contributed by atoms with van der Waals surface area (Å²) in [5.41, 5.74) is 1.88. The predicted molar refractivity (Wildman–Crippen MR) is 95.4 cm³/mol. The highest BCUT2D eigenvalue weighted by Gasteiger charge is 2.20. The third-order valence-electron chi connectivity index (χ3n) is 3.81. The lowest BCUT2D eigenvalue weighted by atomic mass is 9.99. The second-order valence-electron chi connectivity index (χ2n) is 5.69. The molecule has 4 heteroatoms. The molecule has 0 atom stereocenters. The van der Waals surface area contributed by atoms with Gasteiger partial charge in [0.05, 0.1) is 6.04 Å². The lowest BCUT2D eigenvalue weighted by Gasteiger charge is -2.19. The molecule has 0 heterocycles. The first-order valence-corrected chi connectivity index (χ1v) is 8.41. The summed E-state index contributed by atoms with van der Waals surface area (Å²) in [6.45, 7) is 2.63. The minimum atomic E-state index is -0.607. The molecule has 2 N–H and O–H groups in total. The van der Waals surface area contributed by atoms with Gasteiger partial charge in [0.2, 0.25) is 0 Å². The Morgan fingerprint density at radius 1 is 0.833 bits per heavy atom. The standard InChI is InChI=1S/C20H24N2O2/c1-2-3-10-15-21-19(23)20(24)22-18(16-11-6-4-7-12-16)17-13-8-5-9-14-17/h4-9,11-14,18H,2-3,10,15H2,1H3,(H,21,23)(H,22,24). The molecular formula is C20H24N2O2. The van der Waals surface area contributed by atoms with E-state index in [2.05, 4.69) is 17.6 Å². The molecule has 2 aromatic rings. The fourth-order valence-corrected chi connectivity index (χ4v) is 2.50. The van der Waals surface area contributed by atoms with Crippen LogP contribution in [0.25, 0.3) is 0 Å². The summed E-state index contributed by atoms with van der Waals surface area (Å²) in [5.74, 6) is -1.19. The molecule has 0 radical (unpaired) electrons. The summed E-state index contributed by atoms with van der Waals surface area (Å²) in [6, 6.07) is 18.9. The first kappa shape index (κ1) is 17.7. The topological polar surface area (TPSA) is 58.2 Å². The molecule has 2 amide bonds. The van der Waals surface area contributed by atoms with Crippen molar-refractivity contribution >= 4 is 11.8 Å². The van der Waals surface area contributed by atoms with Gasteiger partial charge in [0.1, 0.15) is 0 Å². The first-order chi connectivity index (χ1) is 11.7. The lowest BCUT2D eigenvalue weighted by Crippen LogP contribution is -2.42. The van der Waals surface area contributed by atoms with Crippen LogP contribution in [-0.4, -0.2) is 18.4 Å². The van der Waals surface area contributed by atoms with Gasteiger partial charge in [-0.1, -0.05) is 80.4 Å². The van der Waals surface area contributed by atoms with Gasteiger partial charge in [0.15, 0.2) is 0 Å². The van der Waals surface area contributed by atoms with Crippen molar-refractivity contribution in [1.29, 1.82) is 0 Å². The molecule has 0 unspecified atom stereocenters. The number of carbonyl (C=O) groups excluding carboxylic acids is 2. The summed E-state index contributed by atoms with van der Waals surface area (Å²) in [6.07, 6.45) is 3.00. The maximum atomic E-state index is 12.2. The minimum absolute atomic E-state index is 0.346. The van der Waals surface area contributed by atoms with Crippen LogP contribution >= 0.6 is 0 Å². The highest BCUT2D eigenvalue weighted by molar-refractivity contribution is 6.35. The molecule has 0 spiro atoms. The molecule has 0 saturated carbocycles. The fraction of sp³-hybridized carbons (Fsp3) is 0.300. The van der Waals surface area contributed by atoms with E-state index in [9.17, 15) is 9.59 Å². The highest BCUT2D eigenvalue weighted by atomic mass is 16.2. The number of hydrogen-bond acceptors (Lipinski definition) is 2. The molecule has 0 aromatic heterocycles. The van der Waals surface area contributed by atoms with Crippen molar-refractivity contribution in [3.05, 3.63) is 71.8 Å². The van der Waals surface area contributed by atoms with Crippen LogP contribution in [0.3, 0.4) is 0 Å². The zero-order valence-corrected chi connectivity index (χ0v) is 14.0. The zero-order valence-electron chi connectivity index (χ0n) is 14.0. The first-order valence-electron chi connectivity index (χ1n) is 8.41. The van der Waals surface area contributed by atoms with Crippen molar-refractivity contribution in [2.45, 2.75) is 32.2 Å². The zero-order chi connectivity index (χ0) is 17.2. The van der Waals surface area contributed by atoms with Crippen molar-refractivity contribution in [3.63, 3.8) is 0 Å². The van der Waals surface area contributed by atoms with Gasteiger partial charge >= 0.3 is 11.8 Å². The van der Waals surface area contributed by atoms with Crippen LogP contribution in [0.5, 0.6) is 0 Å². The van der Waals surface area contributed by atoms with Gasteiger partial charge in [-0.25, -0.2) is 0 Å². The van der Waals surface area contributed by atoms with Crippen LogP contribution in [0.1, 0.15) is 43.4 Å². The van der Waals surface area contributed by atoms with E-state index in [1.807, 2.05) is 60.7 Å². The average Bonchev–Trinajstić information content (AvgIpc) is 2.64. The maximum absolute atomic E-state index is 12.2. The van der Waals surface area contributed by atoms with E-state index in [1.165, 1.54) is 0 Å². The summed E-state index contributed by atoms with van der Waals surface area (Å²) >= 11 is 0. The maximum Gasteiger partial charge on any atom is 0.310 e. The monoisotopic (exact) mass is 324 g/mol. The number of benzene rings is 2. The normalized spacial score (nSPS) is 10.4. The largest absolute Gasteiger partial charge is 0.348 e. The smallest absolute Gasteiger partial charge is 0.310 e. The molecule has 126 valence electrons. The van der Waals surface area contributed by atoms with Crippen LogP contribution in [0.2, 0.25) is 0 Å². The lowest BCUT2D eigenvalue weighted by molar-refractivity contribution is -0.139. The van der Waals surface area contributed by atoms with Gasteiger partial charge in [-0.3, -0.25) is 9.59 Å². The molecular weight excluding hydrogens is 300 g/mol. The van der Waals surface area contributed by atoms with Gasteiger partial charge < -0.3 is 10.6 Å². The van der Waals surface area contributed by atoms with Gasteiger partial charge in [-0.2, -0.15) is 0 Å². The molecule has 2 rings (SSSR count). The number of rotatable bonds is 7. The third-order valence-corrected chi connectivity index (χ3v) is 3.81. The Morgan fingerprint density at radius 2 is 1.38 bits per heavy atom. The number of unbranched alkanes of at least 4 members (excludes halogenated alkanes) is 2. The Morgan fingerprint density at radius 3 is 1.88 bits per heavy atom. The number of hydrogen-bond donors (Lipinski definition) is 2. The molecule has 0 bridgehead atoms. The van der Waals surface area contributed by atoms with E-state index in [0.29, 0.717) is 6.54 Å². The van der Waals surface area contributed by atoms with Crippen LogP contribution in [0, 0.1) is 0 Å². The van der Waals surface area contributed by atoms with Crippen LogP contribution in [0.4, 0.5) is 0 Å². The fourth-order valence-electron chi connectivity index (χ4n) is 2.50. The summed E-state index contributed by atoms with van der Waals surface area (Å²) in [4.78, 5) is 24.2. The summed E-state index contributed by atoms with van der Waals surface area (Å²) < 4.78 is 0. The van der Waals surface area contributed by atoms with Gasteiger partial charge in [0, 0.05) is 6.54 Å². The Balaban J connectivity index is 2.06.